The molecule has 0 aliphatic heterocycles. The van der Waals surface area contributed by atoms with E-state index in [1.807, 2.05) is 20.8 Å². The maximum Gasteiger partial charge on any atom is 0.407 e. The minimum Gasteiger partial charge on any atom is -0.448 e. The van der Waals surface area contributed by atoms with Crippen LogP contribution in [0.5, 0.6) is 0 Å². The molecule has 0 bridgehead atoms. The number of anilines is 1. The highest BCUT2D eigenvalue weighted by Crippen LogP contribution is 2.00. The fraction of sp³-hybridized carbons (Fsp3) is 0.600. The monoisotopic (exact) mass is 226 g/mol. The maximum absolute atomic E-state index is 11.3. The Labute approximate surface area is 94.8 Å². The Hall–Kier alpha value is -1.72. The molecular weight excluding hydrogens is 208 g/mol. The van der Waals surface area contributed by atoms with Gasteiger partial charge in [0.05, 0.1) is 18.4 Å². The molecule has 0 aliphatic carbocycles. The molecule has 1 amide bonds. The topological polar surface area (TPSA) is 82.2 Å². The smallest absolute Gasteiger partial charge is 0.407 e. The number of nitrogens with zero attached hydrogens (tertiary/aromatic N) is 2. The number of rotatable bonds is 3. The molecule has 6 heteroatoms. The van der Waals surface area contributed by atoms with E-state index in [1.54, 1.807) is 17.1 Å². The van der Waals surface area contributed by atoms with Gasteiger partial charge in [-0.1, -0.05) is 0 Å². The van der Waals surface area contributed by atoms with E-state index in [0.717, 1.165) is 0 Å². The van der Waals surface area contributed by atoms with Crippen molar-refractivity contribution in [2.45, 2.75) is 32.9 Å². The summed E-state index contributed by atoms with van der Waals surface area (Å²) < 4.78 is 6.60. The summed E-state index contributed by atoms with van der Waals surface area (Å²) >= 11 is 0. The van der Waals surface area contributed by atoms with Crippen molar-refractivity contribution in [3.8, 4) is 0 Å². The van der Waals surface area contributed by atoms with Crippen molar-refractivity contribution in [1.29, 1.82) is 0 Å². The average molecular weight is 226 g/mol. The number of hydrogen-bond donors (Lipinski definition) is 2. The van der Waals surface area contributed by atoms with Gasteiger partial charge in [-0.25, -0.2) is 4.79 Å². The van der Waals surface area contributed by atoms with Gasteiger partial charge in [0.25, 0.3) is 0 Å². The van der Waals surface area contributed by atoms with Gasteiger partial charge >= 0.3 is 6.09 Å². The molecule has 1 aromatic heterocycles. The zero-order valence-corrected chi connectivity index (χ0v) is 9.86. The number of aromatic nitrogens is 2. The fourth-order valence-electron chi connectivity index (χ4n) is 1.08. The lowest BCUT2D eigenvalue weighted by Crippen LogP contribution is -2.41. The minimum atomic E-state index is -0.423. The summed E-state index contributed by atoms with van der Waals surface area (Å²) in [6, 6.07) is 0. The number of carbonyl (C=O) groups excluding carboxylic acids is 1. The quantitative estimate of drug-likeness (QED) is 0.805. The molecule has 3 N–H and O–H groups in total. The van der Waals surface area contributed by atoms with E-state index in [1.165, 1.54) is 0 Å². The Kier molecular flexibility index (Phi) is 3.76. The first-order chi connectivity index (χ1) is 7.37. The van der Waals surface area contributed by atoms with Crippen molar-refractivity contribution >= 4 is 11.8 Å². The van der Waals surface area contributed by atoms with Gasteiger partial charge in [-0.2, -0.15) is 5.10 Å². The molecule has 0 fully saturated rings. The van der Waals surface area contributed by atoms with E-state index in [4.69, 9.17) is 10.5 Å². The molecule has 90 valence electrons. The Morgan fingerprint density at radius 2 is 2.31 bits per heavy atom. The molecule has 16 heavy (non-hydrogen) atoms. The van der Waals surface area contributed by atoms with Gasteiger partial charge in [-0.05, 0) is 20.8 Å². The lowest BCUT2D eigenvalue weighted by molar-refractivity contribution is 0.132. The van der Waals surface area contributed by atoms with Crippen LogP contribution in [0.2, 0.25) is 0 Å². The largest absolute Gasteiger partial charge is 0.448 e. The van der Waals surface area contributed by atoms with Crippen molar-refractivity contribution < 1.29 is 9.53 Å². The predicted molar refractivity (Wildman–Crippen MR) is 60.9 cm³/mol. The van der Waals surface area contributed by atoms with E-state index in [-0.39, 0.29) is 12.1 Å². The summed E-state index contributed by atoms with van der Waals surface area (Å²) in [5.41, 5.74) is 5.80. The van der Waals surface area contributed by atoms with Crippen LogP contribution in [0, 0.1) is 0 Å². The molecule has 0 radical (unpaired) electrons. The average Bonchev–Trinajstić information content (AvgIpc) is 2.48. The minimum absolute atomic E-state index is 0.267. The second-order valence-corrected chi connectivity index (χ2v) is 4.55. The molecule has 0 aliphatic rings. The van der Waals surface area contributed by atoms with Crippen LogP contribution in [0.25, 0.3) is 0 Å². The zero-order chi connectivity index (χ0) is 12.2. The molecule has 1 rings (SSSR count). The zero-order valence-electron chi connectivity index (χ0n) is 9.86. The lowest BCUT2D eigenvalue weighted by atomic mass is 10.1. The van der Waals surface area contributed by atoms with Gasteiger partial charge in [0.2, 0.25) is 0 Å². The van der Waals surface area contributed by atoms with Crippen LogP contribution in [0.3, 0.4) is 0 Å². The first kappa shape index (κ1) is 12.4. The number of amides is 1. The van der Waals surface area contributed by atoms with Crippen molar-refractivity contribution in [3.05, 3.63) is 12.4 Å². The van der Waals surface area contributed by atoms with E-state index < -0.39 is 6.09 Å². The SMILES string of the molecule is CC(C)(C)NC(=O)OCCn1cc(N)cn1. The van der Waals surface area contributed by atoms with Gasteiger partial charge in [-0.3, -0.25) is 4.68 Å². The van der Waals surface area contributed by atoms with Gasteiger partial charge < -0.3 is 15.8 Å². The number of ether oxygens (including phenoxy) is 1. The number of hydrogen-bond acceptors (Lipinski definition) is 4. The molecular formula is C10H18N4O2. The van der Waals surface area contributed by atoms with Crippen molar-refractivity contribution in [1.82, 2.24) is 15.1 Å². The van der Waals surface area contributed by atoms with Crippen LogP contribution >= 0.6 is 0 Å². The summed E-state index contributed by atoms with van der Waals surface area (Å²) in [6.45, 7) is 6.44. The third-order valence-electron chi connectivity index (χ3n) is 1.68. The summed E-state index contributed by atoms with van der Waals surface area (Å²) in [6.07, 6.45) is 2.81. The van der Waals surface area contributed by atoms with E-state index in [2.05, 4.69) is 10.4 Å². The van der Waals surface area contributed by atoms with Crippen molar-refractivity contribution in [2.75, 3.05) is 12.3 Å². The number of carbonyl (C=O) groups is 1. The summed E-state index contributed by atoms with van der Waals surface area (Å²) in [7, 11) is 0. The number of alkyl carbamates (subject to hydrolysis) is 1. The molecule has 0 saturated carbocycles. The Balaban J connectivity index is 2.23. The summed E-state index contributed by atoms with van der Waals surface area (Å²) in [5, 5.41) is 6.66. The molecule has 0 aromatic carbocycles. The summed E-state index contributed by atoms with van der Waals surface area (Å²) in [5.74, 6) is 0. The highest BCUT2D eigenvalue weighted by atomic mass is 16.5. The molecule has 0 spiro atoms. The standard InChI is InChI=1S/C10H18N4O2/c1-10(2,3)13-9(15)16-5-4-14-7-8(11)6-12-14/h6-7H,4-5,11H2,1-3H3,(H,13,15). The van der Waals surface area contributed by atoms with E-state index >= 15 is 0 Å². The Morgan fingerprint density at radius 3 is 2.81 bits per heavy atom. The van der Waals surface area contributed by atoms with Crippen LogP contribution in [0.4, 0.5) is 10.5 Å². The van der Waals surface area contributed by atoms with Crippen molar-refractivity contribution in [2.24, 2.45) is 0 Å². The fourth-order valence-corrected chi connectivity index (χ4v) is 1.08. The molecule has 6 nitrogen and oxygen atoms in total. The van der Waals surface area contributed by atoms with Crippen LogP contribution in [-0.4, -0.2) is 28.0 Å². The third kappa shape index (κ3) is 4.68. The normalized spacial score (nSPS) is 11.2. The molecule has 0 unspecified atom stereocenters. The molecule has 0 saturated heterocycles. The molecule has 1 aromatic rings. The number of nitrogen functional groups attached to an aromatic ring is 1. The highest BCUT2D eigenvalue weighted by Gasteiger charge is 2.14. The highest BCUT2D eigenvalue weighted by molar-refractivity contribution is 5.67. The maximum atomic E-state index is 11.3. The van der Waals surface area contributed by atoms with Crippen LogP contribution in [0.1, 0.15) is 20.8 Å². The molecule has 0 atom stereocenters. The van der Waals surface area contributed by atoms with Gasteiger partial charge in [0.15, 0.2) is 0 Å². The van der Waals surface area contributed by atoms with E-state index in [9.17, 15) is 4.79 Å². The second kappa shape index (κ2) is 4.87. The van der Waals surface area contributed by atoms with Crippen LogP contribution in [0.15, 0.2) is 12.4 Å². The van der Waals surface area contributed by atoms with Crippen molar-refractivity contribution in [3.63, 3.8) is 0 Å². The van der Waals surface area contributed by atoms with Gasteiger partial charge in [0.1, 0.15) is 6.61 Å². The second-order valence-electron chi connectivity index (χ2n) is 4.55. The first-order valence-corrected chi connectivity index (χ1v) is 5.10. The Bertz CT molecular complexity index is 354. The van der Waals surface area contributed by atoms with E-state index in [0.29, 0.717) is 12.2 Å². The Morgan fingerprint density at radius 1 is 1.62 bits per heavy atom. The number of nitrogens with one attached hydrogen (secondary N) is 1. The van der Waals surface area contributed by atoms with Crippen LogP contribution < -0.4 is 11.1 Å². The lowest BCUT2D eigenvalue weighted by Gasteiger charge is -2.19. The molecule has 1 heterocycles. The van der Waals surface area contributed by atoms with Crippen LogP contribution in [-0.2, 0) is 11.3 Å². The third-order valence-corrected chi connectivity index (χ3v) is 1.68. The summed E-state index contributed by atoms with van der Waals surface area (Å²) in [4.78, 5) is 11.3. The first-order valence-electron chi connectivity index (χ1n) is 5.10. The van der Waals surface area contributed by atoms with Gasteiger partial charge in [0, 0.05) is 11.7 Å². The predicted octanol–water partition coefficient (Wildman–Crippen LogP) is 0.990. The number of nitrogens with two attached hydrogens (primary N) is 1. The van der Waals surface area contributed by atoms with Gasteiger partial charge in [-0.15, -0.1) is 0 Å².